The summed E-state index contributed by atoms with van der Waals surface area (Å²) < 4.78 is 1.99. The fourth-order valence-electron chi connectivity index (χ4n) is 1.47. The molecular formula is C12H20N4. The maximum absolute atomic E-state index is 6.04. The van der Waals surface area contributed by atoms with Crippen LogP contribution in [0.5, 0.6) is 0 Å². The Balaban J connectivity index is 3.15. The van der Waals surface area contributed by atoms with E-state index in [2.05, 4.69) is 25.8 Å². The zero-order valence-corrected chi connectivity index (χ0v) is 10.4. The molecule has 0 bridgehead atoms. The molecule has 0 aliphatic carbocycles. The van der Waals surface area contributed by atoms with Crippen molar-refractivity contribution in [3.05, 3.63) is 30.1 Å². The Kier molecular flexibility index (Phi) is 3.42. The molecule has 16 heavy (non-hydrogen) atoms. The first kappa shape index (κ1) is 12.4. The molecular weight excluding hydrogens is 200 g/mol. The van der Waals surface area contributed by atoms with E-state index in [0.29, 0.717) is 11.7 Å². The van der Waals surface area contributed by atoms with Crippen molar-refractivity contribution in [3.63, 3.8) is 0 Å². The molecule has 4 heteroatoms. The predicted molar refractivity (Wildman–Crippen MR) is 69.4 cm³/mol. The van der Waals surface area contributed by atoms with Gasteiger partial charge in [-0.25, -0.2) is 4.99 Å². The highest BCUT2D eigenvalue weighted by Gasteiger charge is 2.18. The fourth-order valence-corrected chi connectivity index (χ4v) is 1.47. The maximum Gasteiger partial charge on any atom is 0.134 e. The molecule has 0 atom stereocenters. The fraction of sp³-hybridized carbons (Fsp3) is 0.417. The number of amidine groups is 1. The summed E-state index contributed by atoms with van der Waals surface area (Å²) in [5.74, 6) is 1.09. The molecule has 0 aromatic carbocycles. The molecule has 1 heterocycles. The molecule has 0 saturated carbocycles. The number of aromatic nitrogens is 1. The Bertz CT molecular complexity index is 419. The van der Waals surface area contributed by atoms with Crippen LogP contribution in [-0.2, 0) is 5.54 Å². The van der Waals surface area contributed by atoms with Crippen molar-refractivity contribution in [2.75, 3.05) is 5.73 Å². The molecule has 0 amide bonds. The summed E-state index contributed by atoms with van der Waals surface area (Å²) in [5.41, 5.74) is 12.6. The normalized spacial score (nSPS) is 13.6. The van der Waals surface area contributed by atoms with Crippen molar-refractivity contribution < 1.29 is 0 Å². The second-order valence-corrected chi connectivity index (χ2v) is 4.65. The minimum atomic E-state index is -0.0524. The largest absolute Gasteiger partial charge is 0.384 e. The number of anilines is 1. The first-order chi connectivity index (χ1) is 7.38. The number of rotatable bonds is 2. The molecule has 1 aromatic rings. The molecule has 0 aliphatic rings. The Morgan fingerprint density at radius 3 is 2.50 bits per heavy atom. The zero-order chi connectivity index (χ0) is 12.3. The average molecular weight is 220 g/mol. The van der Waals surface area contributed by atoms with Crippen LogP contribution in [0.2, 0.25) is 0 Å². The van der Waals surface area contributed by atoms with Gasteiger partial charge in [0.1, 0.15) is 11.7 Å². The van der Waals surface area contributed by atoms with Crippen molar-refractivity contribution in [2.24, 2.45) is 10.7 Å². The third-order valence-electron chi connectivity index (χ3n) is 2.29. The molecule has 0 saturated heterocycles. The molecule has 4 N–H and O–H groups in total. The third-order valence-corrected chi connectivity index (χ3v) is 2.29. The van der Waals surface area contributed by atoms with Crippen LogP contribution in [0.3, 0.4) is 0 Å². The first-order valence-electron chi connectivity index (χ1n) is 5.30. The van der Waals surface area contributed by atoms with Gasteiger partial charge >= 0.3 is 0 Å². The molecule has 0 unspecified atom stereocenters. The van der Waals surface area contributed by atoms with Gasteiger partial charge in [0.25, 0.3) is 0 Å². The molecule has 88 valence electrons. The van der Waals surface area contributed by atoms with E-state index in [9.17, 15) is 0 Å². The van der Waals surface area contributed by atoms with E-state index in [4.69, 9.17) is 11.5 Å². The molecule has 0 aliphatic heterocycles. The standard InChI is InChI=1S/C12H20N4/c1-5-7-15-10(13)9-6-8-16(11(9)14)12(2,3)4/h5-8H,14H2,1-4H3,(H2,13,15)/b7-5-. The molecule has 0 fully saturated rings. The number of nitrogens with two attached hydrogens (primary N) is 2. The second kappa shape index (κ2) is 4.43. The smallest absolute Gasteiger partial charge is 0.134 e. The highest BCUT2D eigenvalue weighted by atomic mass is 15.1. The van der Waals surface area contributed by atoms with E-state index in [1.165, 1.54) is 0 Å². The van der Waals surface area contributed by atoms with Crippen molar-refractivity contribution in [1.29, 1.82) is 0 Å². The predicted octanol–water partition coefficient (Wildman–Crippen LogP) is 2.06. The van der Waals surface area contributed by atoms with Crippen molar-refractivity contribution in [2.45, 2.75) is 33.2 Å². The van der Waals surface area contributed by atoms with Gasteiger partial charge in [-0.3, -0.25) is 0 Å². The Morgan fingerprint density at radius 2 is 2.06 bits per heavy atom. The van der Waals surface area contributed by atoms with Crippen LogP contribution in [0.15, 0.2) is 29.5 Å². The van der Waals surface area contributed by atoms with Gasteiger partial charge in [-0.1, -0.05) is 6.08 Å². The summed E-state index contributed by atoms with van der Waals surface area (Å²) in [7, 11) is 0. The van der Waals surface area contributed by atoms with Crippen LogP contribution in [-0.4, -0.2) is 10.4 Å². The lowest BCUT2D eigenvalue weighted by Gasteiger charge is -2.23. The summed E-state index contributed by atoms with van der Waals surface area (Å²) in [6.07, 6.45) is 5.41. The lowest BCUT2D eigenvalue weighted by atomic mass is 10.1. The number of hydrogen-bond donors (Lipinski definition) is 2. The van der Waals surface area contributed by atoms with Crippen LogP contribution in [0.4, 0.5) is 5.82 Å². The Morgan fingerprint density at radius 1 is 1.44 bits per heavy atom. The van der Waals surface area contributed by atoms with Gasteiger partial charge in [0.05, 0.1) is 5.56 Å². The van der Waals surface area contributed by atoms with Crippen LogP contribution < -0.4 is 11.5 Å². The number of nitrogens with zero attached hydrogens (tertiary/aromatic N) is 2. The van der Waals surface area contributed by atoms with Gasteiger partial charge in [-0.05, 0) is 33.8 Å². The molecule has 4 nitrogen and oxygen atoms in total. The quantitative estimate of drug-likeness (QED) is 0.591. The average Bonchev–Trinajstić information content (AvgIpc) is 2.56. The molecule has 0 radical (unpaired) electrons. The monoisotopic (exact) mass is 220 g/mol. The Hall–Kier alpha value is -1.71. The van der Waals surface area contributed by atoms with E-state index in [0.717, 1.165) is 5.56 Å². The van der Waals surface area contributed by atoms with Gasteiger partial charge < -0.3 is 16.0 Å². The Labute approximate surface area is 96.7 Å². The van der Waals surface area contributed by atoms with Gasteiger partial charge in [0, 0.05) is 17.9 Å². The summed E-state index contributed by atoms with van der Waals surface area (Å²) >= 11 is 0. The van der Waals surface area contributed by atoms with Crippen molar-refractivity contribution >= 4 is 11.7 Å². The zero-order valence-electron chi connectivity index (χ0n) is 10.4. The number of hydrogen-bond acceptors (Lipinski definition) is 2. The minimum Gasteiger partial charge on any atom is -0.384 e. The summed E-state index contributed by atoms with van der Waals surface area (Å²) in [5, 5.41) is 0. The first-order valence-corrected chi connectivity index (χ1v) is 5.30. The molecule has 1 rings (SSSR count). The summed E-state index contributed by atoms with van der Waals surface area (Å²) in [6, 6.07) is 1.89. The van der Waals surface area contributed by atoms with E-state index in [-0.39, 0.29) is 5.54 Å². The minimum absolute atomic E-state index is 0.0524. The maximum atomic E-state index is 6.04. The van der Waals surface area contributed by atoms with E-state index in [1.807, 2.05) is 29.8 Å². The number of allylic oxidation sites excluding steroid dienone is 1. The molecule has 0 spiro atoms. The van der Waals surface area contributed by atoms with Gasteiger partial charge in [-0.15, -0.1) is 0 Å². The lowest BCUT2D eigenvalue weighted by Crippen LogP contribution is -2.24. The number of nitrogen functional groups attached to an aromatic ring is 1. The van der Waals surface area contributed by atoms with Gasteiger partial charge in [-0.2, -0.15) is 0 Å². The van der Waals surface area contributed by atoms with E-state index >= 15 is 0 Å². The van der Waals surface area contributed by atoms with Crippen LogP contribution >= 0.6 is 0 Å². The SMILES string of the molecule is C/C=C\N=C(\N)c1ccn(C(C)(C)C)c1N. The summed E-state index contributed by atoms with van der Waals surface area (Å²) in [6.45, 7) is 8.16. The van der Waals surface area contributed by atoms with Crippen molar-refractivity contribution in [3.8, 4) is 0 Å². The topological polar surface area (TPSA) is 69.3 Å². The van der Waals surface area contributed by atoms with Gasteiger partial charge in [0.2, 0.25) is 0 Å². The third kappa shape index (κ3) is 2.45. The lowest BCUT2D eigenvalue weighted by molar-refractivity contribution is 0.404. The highest BCUT2D eigenvalue weighted by molar-refractivity contribution is 6.01. The highest BCUT2D eigenvalue weighted by Crippen LogP contribution is 2.22. The van der Waals surface area contributed by atoms with Crippen LogP contribution in [0, 0.1) is 0 Å². The second-order valence-electron chi connectivity index (χ2n) is 4.65. The number of aliphatic imine (C=N–C) groups is 1. The van der Waals surface area contributed by atoms with Crippen LogP contribution in [0.1, 0.15) is 33.3 Å². The van der Waals surface area contributed by atoms with Gasteiger partial charge in [0.15, 0.2) is 0 Å². The van der Waals surface area contributed by atoms with Crippen LogP contribution in [0.25, 0.3) is 0 Å². The summed E-state index contributed by atoms with van der Waals surface area (Å²) in [4.78, 5) is 4.09. The van der Waals surface area contributed by atoms with E-state index in [1.54, 1.807) is 6.20 Å². The van der Waals surface area contributed by atoms with Crippen molar-refractivity contribution in [1.82, 2.24) is 4.57 Å². The molecule has 1 aromatic heterocycles. The van der Waals surface area contributed by atoms with E-state index < -0.39 is 0 Å².